The Morgan fingerprint density at radius 3 is 3.00 bits per heavy atom. The van der Waals surface area contributed by atoms with Crippen LogP contribution in [-0.4, -0.2) is 44.8 Å². The minimum Gasteiger partial charge on any atom is -0.497 e. The van der Waals surface area contributed by atoms with Crippen LogP contribution < -0.4 is 20.7 Å². The molecule has 3 amide bonds. The summed E-state index contributed by atoms with van der Waals surface area (Å²) < 4.78 is 10.7. The van der Waals surface area contributed by atoms with Gasteiger partial charge in [0, 0.05) is 13.1 Å². The van der Waals surface area contributed by atoms with Gasteiger partial charge in [0.15, 0.2) is 0 Å². The fraction of sp³-hybridized carbons (Fsp3) is 0.529. The maximum Gasteiger partial charge on any atom is 0.315 e. The molecule has 24 heavy (non-hydrogen) atoms. The molecule has 1 aliphatic heterocycles. The van der Waals surface area contributed by atoms with E-state index in [1.54, 1.807) is 7.11 Å². The molecule has 0 saturated carbocycles. The minimum atomic E-state index is -0.476. The summed E-state index contributed by atoms with van der Waals surface area (Å²) in [4.78, 5) is 23.6. The molecule has 1 fully saturated rings. The second kappa shape index (κ2) is 9.12. The van der Waals surface area contributed by atoms with Crippen molar-refractivity contribution in [2.75, 3.05) is 26.8 Å². The molecule has 1 aromatic carbocycles. The van der Waals surface area contributed by atoms with Gasteiger partial charge in [0.05, 0.1) is 20.3 Å². The van der Waals surface area contributed by atoms with Crippen molar-refractivity contribution in [1.82, 2.24) is 16.0 Å². The van der Waals surface area contributed by atoms with Crippen LogP contribution in [0.15, 0.2) is 24.3 Å². The number of ether oxygens (including phenoxy) is 2. The van der Waals surface area contributed by atoms with Crippen LogP contribution in [0.5, 0.6) is 5.75 Å². The smallest absolute Gasteiger partial charge is 0.315 e. The van der Waals surface area contributed by atoms with Gasteiger partial charge in [-0.2, -0.15) is 0 Å². The predicted molar refractivity (Wildman–Crippen MR) is 89.8 cm³/mol. The SMILES string of the molecule is COc1cccc(COCCNC(=O)N[C@@H]2C(=O)NCC[C@@H]2C)c1. The van der Waals surface area contributed by atoms with Crippen LogP contribution in [0.25, 0.3) is 0 Å². The van der Waals surface area contributed by atoms with Crippen LogP contribution in [0.3, 0.4) is 0 Å². The fourth-order valence-electron chi connectivity index (χ4n) is 2.55. The number of benzene rings is 1. The molecule has 1 heterocycles. The zero-order valence-electron chi connectivity index (χ0n) is 14.1. The van der Waals surface area contributed by atoms with Crippen LogP contribution in [-0.2, 0) is 16.1 Å². The summed E-state index contributed by atoms with van der Waals surface area (Å²) in [5.41, 5.74) is 1.01. The molecule has 1 aliphatic rings. The van der Waals surface area contributed by atoms with E-state index < -0.39 is 6.04 Å². The topological polar surface area (TPSA) is 88.7 Å². The highest BCUT2D eigenvalue weighted by Gasteiger charge is 2.29. The number of amides is 3. The summed E-state index contributed by atoms with van der Waals surface area (Å²) in [6.45, 7) is 3.83. The molecule has 0 spiro atoms. The highest BCUT2D eigenvalue weighted by Crippen LogP contribution is 2.13. The number of nitrogens with one attached hydrogen (secondary N) is 3. The maximum atomic E-state index is 11.8. The molecule has 0 aliphatic carbocycles. The highest BCUT2D eigenvalue weighted by atomic mass is 16.5. The predicted octanol–water partition coefficient (Wildman–Crippen LogP) is 1.04. The van der Waals surface area contributed by atoms with Crippen LogP contribution in [0, 0.1) is 5.92 Å². The van der Waals surface area contributed by atoms with Crippen molar-refractivity contribution in [2.45, 2.75) is 26.0 Å². The van der Waals surface area contributed by atoms with Gasteiger partial charge in [-0.1, -0.05) is 19.1 Å². The van der Waals surface area contributed by atoms with Gasteiger partial charge in [-0.25, -0.2) is 4.79 Å². The number of piperidine rings is 1. The van der Waals surface area contributed by atoms with Gasteiger partial charge in [0.25, 0.3) is 0 Å². The standard InChI is InChI=1S/C17H25N3O4/c1-12-6-7-18-16(21)15(12)20-17(22)19-8-9-24-11-13-4-3-5-14(10-13)23-2/h3-5,10,12,15H,6-9,11H2,1-2H3,(H,18,21)(H2,19,20,22)/t12-,15-/m0/s1. The Hall–Kier alpha value is -2.28. The van der Waals surface area contributed by atoms with Crippen molar-refractivity contribution < 1.29 is 19.1 Å². The van der Waals surface area contributed by atoms with Crippen molar-refractivity contribution >= 4 is 11.9 Å². The molecule has 7 heteroatoms. The largest absolute Gasteiger partial charge is 0.497 e. The molecular weight excluding hydrogens is 310 g/mol. The average Bonchev–Trinajstić information content (AvgIpc) is 2.58. The number of hydrogen-bond acceptors (Lipinski definition) is 4. The van der Waals surface area contributed by atoms with E-state index in [0.29, 0.717) is 26.3 Å². The van der Waals surface area contributed by atoms with Gasteiger partial charge in [-0.05, 0) is 30.0 Å². The van der Waals surface area contributed by atoms with Crippen LogP contribution in [0.4, 0.5) is 4.79 Å². The Kier molecular flexibility index (Phi) is 6.87. The first-order valence-corrected chi connectivity index (χ1v) is 8.13. The van der Waals surface area contributed by atoms with Crippen molar-refractivity contribution in [1.29, 1.82) is 0 Å². The molecule has 0 unspecified atom stereocenters. The Morgan fingerprint density at radius 2 is 2.25 bits per heavy atom. The van der Waals surface area contributed by atoms with Gasteiger partial charge in [-0.3, -0.25) is 4.79 Å². The summed E-state index contributed by atoms with van der Waals surface area (Å²) in [7, 11) is 1.62. The van der Waals surface area contributed by atoms with E-state index in [9.17, 15) is 9.59 Å². The van der Waals surface area contributed by atoms with Crippen molar-refractivity contribution in [3.8, 4) is 5.75 Å². The maximum absolute atomic E-state index is 11.8. The number of urea groups is 1. The summed E-state index contributed by atoms with van der Waals surface area (Å²) in [6, 6.07) is 6.80. The molecule has 2 rings (SSSR count). The number of carbonyl (C=O) groups excluding carboxylic acids is 2. The zero-order valence-corrected chi connectivity index (χ0v) is 14.1. The highest BCUT2D eigenvalue weighted by molar-refractivity contribution is 5.87. The zero-order chi connectivity index (χ0) is 17.4. The second-order valence-electron chi connectivity index (χ2n) is 5.84. The number of methoxy groups -OCH3 is 1. The fourth-order valence-corrected chi connectivity index (χ4v) is 2.55. The number of carbonyl (C=O) groups is 2. The lowest BCUT2D eigenvalue weighted by Gasteiger charge is -2.28. The quantitative estimate of drug-likeness (QED) is 0.650. The molecule has 1 saturated heterocycles. The first-order valence-electron chi connectivity index (χ1n) is 8.13. The summed E-state index contributed by atoms with van der Waals surface area (Å²) in [5.74, 6) is 0.792. The van der Waals surface area contributed by atoms with Crippen molar-refractivity contribution in [3.05, 3.63) is 29.8 Å². The molecule has 0 radical (unpaired) electrons. The third-order valence-electron chi connectivity index (χ3n) is 3.97. The van der Waals surface area contributed by atoms with E-state index in [0.717, 1.165) is 17.7 Å². The normalized spacial score (nSPS) is 20.2. The van der Waals surface area contributed by atoms with Gasteiger partial charge in [0.1, 0.15) is 11.8 Å². The van der Waals surface area contributed by atoms with E-state index in [1.807, 2.05) is 31.2 Å². The molecule has 3 N–H and O–H groups in total. The third-order valence-corrected chi connectivity index (χ3v) is 3.97. The van der Waals surface area contributed by atoms with Crippen molar-refractivity contribution in [3.63, 3.8) is 0 Å². The van der Waals surface area contributed by atoms with Gasteiger partial charge in [-0.15, -0.1) is 0 Å². The lowest BCUT2D eigenvalue weighted by molar-refractivity contribution is -0.125. The van der Waals surface area contributed by atoms with Gasteiger partial charge >= 0.3 is 6.03 Å². The van der Waals surface area contributed by atoms with Crippen molar-refractivity contribution in [2.24, 2.45) is 5.92 Å². The number of rotatable bonds is 7. The Labute approximate surface area is 142 Å². The third kappa shape index (κ3) is 5.42. The summed E-state index contributed by atoms with van der Waals surface area (Å²) in [6.07, 6.45) is 0.861. The second-order valence-corrected chi connectivity index (χ2v) is 5.84. The molecule has 0 aromatic heterocycles. The molecule has 2 atom stereocenters. The van der Waals surface area contributed by atoms with E-state index in [-0.39, 0.29) is 17.9 Å². The average molecular weight is 335 g/mol. The van der Waals surface area contributed by atoms with Gasteiger partial charge < -0.3 is 25.4 Å². The van der Waals surface area contributed by atoms with E-state index in [2.05, 4.69) is 16.0 Å². The minimum absolute atomic E-state index is 0.127. The first kappa shape index (κ1) is 18.1. The number of hydrogen-bond donors (Lipinski definition) is 3. The van der Waals surface area contributed by atoms with Gasteiger partial charge in [0.2, 0.25) is 5.91 Å². The summed E-state index contributed by atoms with van der Waals surface area (Å²) in [5, 5.41) is 8.16. The molecule has 1 aromatic rings. The molecule has 7 nitrogen and oxygen atoms in total. The Morgan fingerprint density at radius 1 is 1.42 bits per heavy atom. The van der Waals surface area contributed by atoms with E-state index in [1.165, 1.54) is 0 Å². The Bertz CT molecular complexity index is 565. The van der Waals surface area contributed by atoms with Crippen LogP contribution in [0.2, 0.25) is 0 Å². The van der Waals surface area contributed by atoms with E-state index in [4.69, 9.17) is 9.47 Å². The monoisotopic (exact) mass is 335 g/mol. The lowest BCUT2D eigenvalue weighted by Crippen LogP contribution is -2.56. The Balaban J connectivity index is 1.63. The van der Waals surface area contributed by atoms with Crippen LogP contribution in [0.1, 0.15) is 18.9 Å². The molecule has 0 bridgehead atoms. The lowest BCUT2D eigenvalue weighted by atomic mass is 9.94. The van der Waals surface area contributed by atoms with Crippen LogP contribution >= 0.6 is 0 Å². The molecule has 132 valence electrons. The summed E-state index contributed by atoms with van der Waals surface area (Å²) >= 11 is 0. The molecular formula is C17H25N3O4. The van der Waals surface area contributed by atoms with E-state index >= 15 is 0 Å². The first-order chi connectivity index (χ1) is 11.6.